The third-order valence-electron chi connectivity index (χ3n) is 2.73. The van der Waals surface area contributed by atoms with E-state index in [-0.39, 0.29) is 0 Å². The van der Waals surface area contributed by atoms with Crippen LogP contribution in [0, 0.1) is 6.92 Å². The third-order valence-corrected chi connectivity index (χ3v) is 3.04. The van der Waals surface area contributed by atoms with Gasteiger partial charge in [0.05, 0.1) is 22.2 Å². The molecule has 88 valence electrons. The number of hydrogen-bond donors (Lipinski definition) is 0. The van der Waals surface area contributed by atoms with E-state index < -0.39 is 11.9 Å². The van der Waals surface area contributed by atoms with Crippen molar-refractivity contribution in [1.82, 2.24) is 4.98 Å². The molecule has 1 aromatic heterocycles. The molecule has 1 atom stereocenters. The van der Waals surface area contributed by atoms with Gasteiger partial charge in [0.1, 0.15) is 0 Å². The van der Waals surface area contributed by atoms with Crippen molar-refractivity contribution in [3.63, 3.8) is 0 Å². The third kappa shape index (κ3) is 2.24. The number of halogens is 1. The molecule has 0 aliphatic carbocycles. The first-order chi connectivity index (χ1) is 7.99. The number of fused-ring (bicyclic) bond motifs is 1. The molecule has 0 saturated heterocycles. The first-order valence-corrected chi connectivity index (χ1v) is 5.64. The van der Waals surface area contributed by atoms with Crippen LogP contribution in [0.5, 0.6) is 0 Å². The van der Waals surface area contributed by atoms with E-state index in [2.05, 4.69) is 4.98 Å². The fourth-order valence-electron chi connectivity index (χ4n) is 1.66. The summed E-state index contributed by atoms with van der Waals surface area (Å²) >= 11 is 6.13. The second-order valence-corrected chi connectivity index (χ2v) is 4.50. The van der Waals surface area contributed by atoms with Crippen LogP contribution in [0.25, 0.3) is 10.9 Å². The number of carboxylic acids is 1. The first kappa shape index (κ1) is 11.9. The van der Waals surface area contributed by atoms with E-state index in [1.54, 1.807) is 6.07 Å². The first-order valence-electron chi connectivity index (χ1n) is 5.26. The van der Waals surface area contributed by atoms with E-state index in [9.17, 15) is 9.90 Å². The Bertz CT molecular complexity index is 595. The largest absolute Gasteiger partial charge is 0.549 e. The number of aliphatic carboxylic acids is 1. The van der Waals surface area contributed by atoms with Gasteiger partial charge in [-0.3, -0.25) is 4.98 Å². The minimum atomic E-state index is -1.15. The lowest BCUT2D eigenvalue weighted by Crippen LogP contribution is -2.28. The molecule has 2 rings (SSSR count). The van der Waals surface area contributed by atoms with Gasteiger partial charge in [0.15, 0.2) is 0 Å². The zero-order valence-electron chi connectivity index (χ0n) is 9.53. The van der Waals surface area contributed by atoms with E-state index in [4.69, 9.17) is 11.6 Å². The Labute approximate surface area is 104 Å². The Balaban J connectivity index is 2.63. The Morgan fingerprint density at radius 3 is 2.76 bits per heavy atom. The summed E-state index contributed by atoms with van der Waals surface area (Å²) in [7, 11) is 0. The SMILES string of the molecule is Cc1ccc2nc(C(C)C(=O)[O-])cc(Cl)c2c1. The lowest BCUT2D eigenvalue weighted by Gasteiger charge is -2.13. The van der Waals surface area contributed by atoms with E-state index in [0.29, 0.717) is 16.2 Å². The molecule has 0 aliphatic heterocycles. The molecule has 17 heavy (non-hydrogen) atoms. The summed E-state index contributed by atoms with van der Waals surface area (Å²) in [6.07, 6.45) is 0. The van der Waals surface area contributed by atoms with Gasteiger partial charge < -0.3 is 9.90 Å². The topological polar surface area (TPSA) is 53.0 Å². The van der Waals surface area contributed by atoms with Crippen LogP contribution < -0.4 is 5.11 Å². The van der Waals surface area contributed by atoms with Gasteiger partial charge in [0, 0.05) is 11.3 Å². The van der Waals surface area contributed by atoms with Crippen LogP contribution in [-0.2, 0) is 4.79 Å². The van der Waals surface area contributed by atoms with Crippen LogP contribution in [0.4, 0.5) is 0 Å². The summed E-state index contributed by atoms with van der Waals surface area (Å²) in [5.41, 5.74) is 2.21. The highest BCUT2D eigenvalue weighted by Crippen LogP contribution is 2.26. The van der Waals surface area contributed by atoms with Gasteiger partial charge in [-0.15, -0.1) is 0 Å². The van der Waals surface area contributed by atoms with Gasteiger partial charge in [-0.1, -0.05) is 30.2 Å². The lowest BCUT2D eigenvalue weighted by molar-refractivity contribution is -0.307. The molecule has 0 N–H and O–H groups in total. The van der Waals surface area contributed by atoms with Crippen molar-refractivity contribution in [2.75, 3.05) is 0 Å². The van der Waals surface area contributed by atoms with Crippen molar-refractivity contribution >= 4 is 28.5 Å². The number of aromatic nitrogens is 1. The molecule has 0 aliphatic rings. The molecule has 0 bridgehead atoms. The monoisotopic (exact) mass is 248 g/mol. The maximum Gasteiger partial charge on any atom is 0.0720 e. The highest BCUT2D eigenvalue weighted by Gasteiger charge is 2.11. The van der Waals surface area contributed by atoms with Gasteiger partial charge in [-0.05, 0) is 25.1 Å². The second kappa shape index (κ2) is 4.34. The van der Waals surface area contributed by atoms with Crippen molar-refractivity contribution in [2.45, 2.75) is 19.8 Å². The molecule has 0 amide bonds. The molecule has 0 radical (unpaired) electrons. The number of nitrogens with zero attached hydrogens (tertiary/aromatic N) is 1. The molecule has 0 fully saturated rings. The van der Waals surface area contributed by atoms with Gasteiger partial charge in [0.25, 0.3) is 0 Å². The van der Waals surface area contributed by atoms with Crippen LogP contribution in [0.2, 0.25) is 5.02 Å². The highest BCUT2D eigenvalue weighted by molar-refractivity contribution is 6.35. The Kier molecular flexibility index (Phi) is 3.03. The molecule has 0 saturated carbocycles. The highest BCUT2D eigenvalue weighted by atomic mass is 35.5. The predicted octanol–water partition coefficient (Wildman–Crippen LogP) is 2.05. The smallest absolute Gasteiger partial charge is 0.0720 e. The zero-order chi connectivity index (χ0) is 12.6. The molecule has 2 aromatic rings. The number of carbonyl (C=O) groups excluding carboxylic acids is 1. The van der Waals surface area contributed by atoms with Gasteiger partial charge in [-0.2, -0.15) is 0 Å². The minimum absolute atomic E-state index is 0.423. The average Bonchev–Trinajstić information content (AvgIpc) is 2.28. The quantitative estimate of drug-likeness (QED) is 0.817. The number of pyridine rings is 1. The number of aryl methyl sites for hydroxylation is 1. The van der Waals surface area contributed by atoms with Crippen LogP contribution in [0.15, 0.2) is 24.3 Å². The lowest BCUT2D eigenvalue weighted by atomic mass is 10.1. The number of carbonyl (C=O) groups is 1. The fourth-order valence-corrected chi connectivity index (χ4v) is 1.92. The molecule has 4 heteroatoms. The molecule has 3 nitrogen and oxygen atoms in total. The second-order valence-electron chi connectivity index (χ2n) is 4.09. The van der Waals surface area contributed by atoms with E-state index in [1.807, 2.05) is 25.1 Å². The summed E-state index contributed by atoms with van der Waals surface area (Å²) in [6.45, 7) is 3.50. The molecule has 1 unspecified atom stereocenters. The molecular weight excluding hydrogens is 238 g/mol. The van der Waals surface area contributed by atoms with Crippen molar-refractivity contribution in [2.24, 2.45) is 0 Å². The summed E-state index contributed by atoms with van der Waals surface area (Å²) in [4.78, 5) is 15.1. The van der Waals surface area contributed by atoms with E-state index in [0.717, 1.165) is 10.9 Å². The van der Waals surface area contributed by atoms with Crippen LogP contribution in [0.1, 0.15) is 24.1 Å². The Morgan fingerprint density at radius 1 is 1.41 bits per heavy atom. The van der Waals surface area contributed by atoms with Gasteiger partial charge in [0.2, 0.25) is 0 Å². The van der Waals surface area contributed by atoms with Crippen molar-refractivity contribution in [1.29, 1.82) is 0 Å². The average molecular weight is 249 g/mol. The predicted molar refractivity (Wildman–Crippen MR) is 64.9 cm³/mol. The van der Waals surface area contributed by atoms with Crippen molar-refractivity contribution < 1.29 is 9.90 Å². The molecular formula is C13H11ClNO2-. The standard InChI is InChI=1S/C13H12ClNO2/c1-7-3-4-11-9(5-7)10(14)6-12(15-11)8(2)13(16)17/h3-6,8H,1-2H3,(H,16,17)/p-1. The summed E-state index contributed by atoms with van der Waals surface area (Å²) in [5.74, 6) is -1.92. The molecule has 1 aromatic carbocycles. The van der Waals surface area contributed by atoms with Crippen LogP contribution in [0.3, 0.4) is 0 Å². The van der Waals surface area contributed by atoms with E-state index >= 15 is 0 Å². The number of rotatable bonds is 2. The maximum absolute atomic E-state index is 10.8. The zero-order valence-corrected chi connectivity index (χ0v) is 10.3. The summed E-state index contributed by atoms with van der Waals surface area (Å²) < 4.78 is 0. The summed E-state index contributed by atoms with van der Waals surface area (Å²) in [6, 6.07) is 7.27. The van der Waals surface area contributed by atoms with E-state index in [1.165, 1.54) is 6.92 Å². The Hall–Kier alpha value is -1.61. The fraction of sp³-hybridized carbons (Fsp3) is 0.231. The van der Waals surface area contributed by atoms with Crippen LogP contribution >= 0.6 is 11.6 Å². The van der Waals surface area contributed by atoms with Crippen molar-refractivity contribution in [3.8, 4) is 0 Å². The minimum Gasteiger partial charge on any atom is -0.549 e. The van der Waals surface area contributed by atoms with Gasteiger partial charge in [-0.25, -0.2) is 0 Å². The van der Waals surface area contributed by atoms with Crippen molar-refractivity contribution in [3.05, 3.63) is 40.5 Å². The Morgan fingerprint density at radius 2 is 2.12 bits per heavy atom. The summed E-state index contributed by atoms with van der Waals surface area (Å²) in [5, 5.41) is 12.2. The number of benzene rings is 1. The molecule has 0 spiro atoms. The van der Waals surface area contributed by atoms with Crippen LogP contribution in [-0.4, -0.2) is 11.0 Å². The maximum atomic E-state index is 10.8. The number of hydrogen-bond acceptors (Lipinski definition) is 3. The normalized spacial score (nSPS) is 12.6. The van der Waals surface area contributed by atoms with Gasteiger partial charge >= 0.3 is 0 Å². The molecule has 1 heterocycles. The number of carboxylic acid groups (broad SMARTS) is 1.